The number of nitrogens with one attached hydrogen (secondary N) is 1. The fourth-order valence-corrected chi connectivity index (χ4v) is 2.88. The number of carbonyl (C=O) groups excluding carboxylic acids is 1. The Morgan fingerprint density at radius 3 is 2.47 bits per heavy atom. The van der Waals surface area contributed by atoms with E-state index in [1.54, 1.807) is 6.92 Å². The summed E-state index contributed by atoms with van der Waals surface area (Å²) < 4.78 is 0. The Labute approximate surface area is 99.5 Å². The molecule has 2 aliphatic carbocycles. The van der Waals surface area contributed by atoms with Gasteiger partial charge in [-0.25, -0.2) is 0 Å². The first-order chi connectivity index (χ1) is 8.00. The highest BCUT2D eigenvalue weighted by atomic mass is 16.4. The molecule has 5 atom stereocenters. The minimum Gasteiger partial charge on any atom is -0.481 e. The van der Waals surface area contributed by atoms with Crippen molar-refractivity contribution in [3.05, 3.63) is 12.2 Å². The Kier molecular flexibility index (Phi) is 3.19. The molecule has 17 heavy (non-hydrogen) atoms. The number of fused-ring (bicyclic) bond motifs is 2. The number of hydrogen-bond acceptors (Lipinski definition) is 3. The molecule has 5 heteroatoms. The lowest BCUT2D eigenvalue weighted by atomic mass is 9.82. The molecule has 5 nitrogen and oxygen atoms in total. The van der Waals surface area contributed by atoms with E-state index < -0.39 is 23.9 Å². The number of allylic oxidation sites excluding steroid dienone is 2. The monoisotopic (exact) mass is 239 g/mol. The molecular weight excluding hydrogens is 222 g/mol. The van der Waals surface area contributed by atoms with Crippen LogP contribution in [0.3, 0.4) is 0 Å². The van der Waals surface area contributed by atoms with Crippen LogP contribution in [-0.4, -0.2) is 34.7 Å². The molecule has 0 aromatic rings. The first-order valence-electron chi connectivity index (χ1n) is 5.87. The summed E-state index contributed by atoms with van der Waals surface area (Å²) in [5, 5.41) is 20.9. The maximum atomic E-state index is 11.9. The van der Waals surface area contributed by atoms with Gasteiger partial charge in [0.25, 0.3) is 0 Å². The normalized spacial score (nSPS) is 35.9. The average molecular weight is 239 g/mol. The standard InChI is InChI=1S/C12H17NO4/c1-6(14)5-13-11(15)9-7-2-3-8(4-7)10(9)12(16)17/h2-3,6-10,14H,4-5H2,1H3,(H,13,15)(H,16,17). The molecule has 0 aliphatic heterocycles. The van der Waals surface area contributed by atoms with Crippen LogP contribution in [0.4, 0.5) is 0 Å². The topological polar surface area (TPSA) is 86.6 Å². The van der Waals surface area contributed by atoms with Gasteiger partial charge in [0.1, 0.15) is 0 Å². The number of aliphatic hydroxyl groups excluding tert-OH is 1. The number of aliphatic hydroxyl groups is 1. The molecular formula is C12H17NO4. The van der Waals surface area contributed by atoms with Crippen LogP contribution in [0.15, 0.2) is 12.2 Å². The second kappa shape index (κ2) is 4.49. The lowest BCUT2D eigenvalue weighted by Crippen LogP contribution is -2.42. The summed E-state index contributed by atoms with van der Waals surface area (Å²) in [5.41, 5.74) is 0. The number of amides is 1. The van der Waals surface area contributed by atoms with Crippen LogP contribution in [0.1, 0.15) is 13.3 Å². The number of carboxylic acids is 1. The fourth-order valence-electron chi connectivity index (χ4n) is 2.88. The molecule has 0 spiro atoms. The van der Waals surface area contributed by atoms with E-state index in [0.29, 0.717) is 0 Å². The van der Waals surface area contributed by atoms with Gasteiger partial charge in [-0.2, -0.15) is 0 Å². The fraction of sp³-hybridized carbons (Fsp3) is 0.667. The van der Waals surface area contributed by atoms with Crippen LogP contribution < -0.4 is 5.32 Å². The summed E-state index contributed by atoms with van der Waals surface area (Å²) in [6.45, 7) is 1.75. The van der Waals surface area contributed by atoms with Crippen molar-refractivity contribution >= 4 is 11.9 Å². The SMILES string of the molecule is CC(O)CNC(=O)C1C2C=CC(C2)C1C(=O)O. The average Bonchev–Trinajstić information content (AvgIpc) is 2.84. The smallest absolute Gasteiger partial charge is 0.307 e. The van der Waals surface area contributed by atoms with Gasteiger partial charge >= 0.3 is 5.97 Å². The van der Waals surface area contributed by atoms with E-state index in [1.807, 2.05) is 12.2 Å². The lowest BCUT2D eigenvalue weighted by molar-refractivity contribution is -0.147. The van der Waals surface area contributed by atoms with E-state index in [1.165, 1.54) is 0 Å². The zero-order chi connectivity index (χ0) is 12.6. The molecule has 1 fully saturated rings. The summed E-state index contributed by atoms with van der Waals surface area (Å²) in [7, 11) is 0. The highest BCUT2D eigenvalue weighted by molar-refractivity contribution is 5.86. The number of carbonyl (C=O) groups is 2. The number of carboxylic acid groups (broad SMARTS) is 1. The second-order valence-corrected chi connectivity index (χ2v) is 4.93. The summed E-state index contributed by atoms with van der Waals surface area (Å²) in [6.07, 6.45) is 3.99. The summed E-state index contributed by atoms with van der Waals surface area (Å²) in [6, 6.07) is 0. The molecule has 2 aliphatic rings. The molecule has 1 saturated carbocycles. The first kappa shape index (κ1) is 12.1. The number of aliphatic carboxylic acids is 1. The maximum Gasteiger partial charge on any atom is 0.307 e. The van der Waals surface area contributed by atoms with Gasteiger partial charge < -0.3 is 15.5 Å². The summed E-state index contributed by atoms with van der Waals surface area (Å²) >= 11 is 0. The van der Waals surface area contributed by atoms with E-state index in [2.05, 4.69) is 5.32 Å². The molecule has 0 aromatic heterocycles. The minimum absolute atomic E-state index is 0.0141. The van der Waals surface area contributed by atoms with Crippen molar-refractivity contribution in [2.24, 2.45) is 23.7 Å². The number of rotatable bonds is 4. The maximum absolute atomic E-state index is 11.9. The van der Waals surface area contributed by atoms with E-state index in [0.717, 1.165) is 6.42 Å². The minimum atomic E-state index is -0.904. The van der Waals surface area contributed by atoms with Gasteiger partial charge in [-0.1, -0.05) is 12.2 Å². The highest BCUT2D eigenvalue weighted by Crippen LogP contribution is 2.48. The molecule has 0 heterocycles. The van der Waals surface area contributed by atoms with E-state index in [-0.39, 0.29) is 24.3 Å². The van der Waals surface area contributed by atoms with Crippen LogP contribution in [0.2, 0.25) is 0 Å². The Morgan fingerprint density at radius 1 is 1.35 bits per heavy atom. The van der Waals surface area contributed by atoms with E-state index in [4.69, 9.17) is 10.2 Å². The van der Waals surface area contributed by atoms with E-state index in [9.17, 15) is 9.59 Å². The first-order valence-corrected chi connectivity index (χ1v) is 5.87. The third-order valence-corrected chi connectivity index (χ3v) is 3.62. The van der Waals surface area contributed by atoms with Crippen molar-refractivity contribution < 1.29 is 19.8 Å². The Bertz CT molecular complexity index is 364. The third kappa shape index (κ3) is 2.20. The van der Waals surface area contributed by atoms with Gasteiger partial charge in [0.2, 0.25) is 5.91 Å². The molecule has 2 rings (SSSR count). The summed E-state index contributed by atoms with van der Waals surface area (Å²) in [5.74, 6) is -2.23. The predicted molar refractivity (Wildman–Crippen MR) is 60.0 cm³/mol. The molecule has 94 valence electrons. The van der Waals surface area contributed by atoms with Gasteiger partial charge in [-0.3, -0.25) is 9.59 Å². The van der Waals surface area contributed by atoms with Gasteiger partial charge in [0.15, 0.2) is 0 Å². The van der Waals surface area contributed by atoms with Crippen molar-refractivity contribution in [3.8, 4) is 0 Å². The Morgan fingerprint density at radius 2 is 1.94 bits per heavy atom. The quantitative estimate of drug-likeness (QED) is 0.603. The second-order valence-electron chi connectivity index (χ2n) is 4.93. The Balaban J connectivity index is 2.06. The van der Waals surface area contributed by atoms with Crippen LogP contribution in [0, 0.1) is 23.7 Å². The third-order valence-electron chi connectivity index (χ3n) is 3.62. The van der Waals surface area contributed by atoms with Gasteiger partial charge in [0, 0.05) is 6.54 Å². The van der Waals surface area contributed by atoms with Gasteiger partial charge in [0.05, 0.1) is 17.9 Å². The molecule has 3 N–H and O–H groups in total. The van der Waals surface area contributed by atoms with E-state index >= 15 is 0 Å². The van der Waals surface area contributed by atoms with Crippen molar-refractivity contribution in [3.63, 3.8) is 0 Å². The lowest BCUT2D eigenvalue weighted by Gasteiger charge is -2.24. The van der Waals surface area contributed by atoms with Crippen LogP contribution >= 0.6 is 0 Å². The largest absolute Gasteiger partial charge is 0.481 e. The predicted octanol–water partition coefficient (Wildman–Crippen LogP) is 0.00630. The molecule has 0 saturated heterocycles. The van der Waals surface area contributed by atoms with Crippen LogP contribution in [0.5, 0.6) is 0 Å². The molecule has 5 unspecified atom stereocenters. The van der Waals surface area contributed by atoms with Gasteiger partial charge in [-0.15, -0.1) is 0 Å². The van der Waals surface area contributed by atoms with Gasteiger partial charge in [-0.05, 0) is 25.2 Å². The van der Waals surface area contributed by atoms with Crippen molar-refractivity contribution in [2.75, 3.05) is 6.54 Å². The van der Waals surface area contributed by atoms with Crippen molar-refractivity contribution in [1.29, 1.82) is 0 Å². The van der Waals surface area contributed by atoms with Crippen LogP contribution in [-0.2, 0) is 9.59 Å². The molecule has 2 bridgehead atoms. The van der Waals surface area contributed by atoms with Crippen molar-refractivity contribution in [1.82, 2.24) is 5.32 Å². The zero-order valence-corrected chi connectivity index (χ0v) is 9.67. The molecule has 0 aromatic carbocycles. The van der Waals surface area contributed by atoms with Crippen molar-refractivity contribution in [2.45, 2.75) is 19.4 Å². The molecule has 0 radical (unpaired) electrons. The molecule has 1 amide bonds. The van der Waals surface area contributed by atoms with Crippen LogP contribution in [0.25, 0.3) is 0 Å². The number of hydrogen-bond donors (Lipinski definition) is 3. The highest BCUT2D eigenvalue weighted by Gasteiger charge is 2.51. The zero-order valence-electron chi connectivity index (χ0n) is 9.67. The Hall–Kier alpha value is -1.36. The summed E-state index contributed by atoms with van der Waals surface area (Å²) in [4.78, 5) is 23.1.